The van der Waals surface area contributed by atoms with Gasteiger partial charge in [0.05, 0.1) is 6.20 Å². The number of rotatable bonds is 8. The first-order chi connectivity index (χ1) is 11.0. The molecule has 1 heterocycles. The molecule has 6 heteroatoms. The number of nitrogens with zero attached hydrogens (tertiary/aromatic N) is 4. The SMILES string of the molecule is CC(C)c1ccc(Nc2nncc(NCCCN(C)C)n2)cc1. The Bertz CT molecular complexity index is 594. The van der Waals surface area contributed by atoms with E-state index >= 15 is 0 Å². The van der Waals surface area contributed by atoms with Gasteiger partial charge >= 0.3 is 0 Å². The first-order valence-corrected chi connectivity index (χ1v) is 8.00. The third-order valence-corrected chi connectivity index (χ3v) is 3.48. The fourth-order valence-corrected chi connectivity index (χ4v) is 2.13. The van der Waals surface area contributed by atoms with Gasteiger partial charge in [0.25, 0.3) is 0 Å². The largest absolute Gasteiger partial charge is 0.369 e. The first-order valence-electron chi connectivity index (χ1n) is 8.00. The second-order valence-corrected chi connectivity index (χ2v) is 6.15. The van der Waals surface area contributed by atoms with Crippen molar-refractivity contribution in [1.82, 2.24) is 20.1 Å². The second kappa shape index (κ2) is 8.43. The summed E-state index contributed by atoms with van der Waals surface area (Å²) in [4.78, 5) is 6.59. The quantitative estimate of drug-likeness (QED) is 0.730. The fraction of sp³-hybridized carbons (Fsp3) is 0.471. The van der Waals surface area contributed by atoms with Crippen molar-refractivity contribution in [3.8, 4) is 0 Å². The van der Waals surface area contributed by atoms with Crippen molar-refractivity contribution < 1.29 is 0 Å². The Kier molecular flexibility index (Phi) is 6.29. The average Bonchev–Trinajstić information content (AvgIpc) is 2.52. The van der Waals surface area contributed by atoms with Crippen LogP contribution in [0.15, 0.2) is 30.5 Å². The average molecular weight is 314 g/mol. The summed E-state index contributed by atoms with van der Waals surface area (Å²) < 4.78 is 0. The molecular weight excluding hydrogens is 288 g/mol. The van der Waals surface area contributed by atoms with Crippen LogP contribution in [0.5, 0.6) is 0 Å². The van der Waals surface area contributed by atoms with Crippen molar-refractivity contribution in [3.63, 3.8) is 0 Å². The molecule has 0 aliphatic rings. The summed E-state index contributed by atoms with van der Waals surface area (Å²) in [6.07, 6.45) is 2.69. The monoisotopic (exact) mass is 314 g/mol. The van der Waals surface area contributed by atoms with Crippen LogP contribution in [-0.2, 0) is 0 Å². The van der Waals surface area contributed by atoms with Gasteiger partial charge in [0, 0.05) is 12.2 Å². The molecule has 6 nitrogen and oxygen atoms in total. The summed E-state index contributed by atoms with van der Waals surface area (Å²) in [5, 5.41) is 14.5. The maximum atomic E-state index is 4.43. The van der Waals surface area contributed by atoms with E-state index in [2.05, 4.69) is 70.8 Å². The molecule has 0 fully saturated rings. The van der Waals surface area contributed by atoms with Crippen molar-refractivity contribution >= 4 is 17.5 Å². The molecule has 0 spiro atoms. The summed E-state index contributed by atoms with van der Waals surface area (Å²) >= 11 is 0. The third-order valence-electron chi connectivity index (χ3n) is 3.48. The van der Waals surface area contributed by atoms with Crippen molar-refractivity contribution in [2.75, 3.05) is 37.8 Å². The van der Waals surface area contributed by atoms with Crippen LogP contribution in [0.1, 0.15) is 31.7 Å². The van der Waals surface area contributed by atoms with Gasteiger partial charge in [0.15, 0.2) is 5.82 Å². The van der Waals surface area contributed by atoms with Crippen LogP contribution in [0.4, 0.5) is 17.5 Å². The molecule has 0 aliphatic heterocycles. The number of aromatic nitrogens is 3. The highest BCUT2D eigenvalue weighted by Crippen LogP contribution is 2.19. The maximum Gasteiger partial charge on any atom is 0.249 e. The maximum absolute atomic E-state index is 4.43. The highest BCUT2D eigenvalue weighted by molar-refractivity contribution is 5.54. The van der Waals surface area contributed by atoms with Gasteiger partial charge in [-0.25, -0.2) is 0 Å². The Labute approximate surface area is 138 Å². The van der Waals surface area contributed by atoms with Crippen molar-refractivity contribution in [1.29, 1.82) is 0 Å². The fourth-order valence-electron chi connectivity index (χ4n) is 2.13. The highest BCUT2D eigenvalue weighted by Gasteiger charge is 2.03. The Morgan fingerprint density at radius 1 is 1.13 bits per heavy atom. The van der Waals surface area contributed by atoms with E-state index in [1.54, 1.807) is 6.20 Å². The number of benzene rings is 1. The van der Waals surface area contributed by atoms with Gasteiger partial charge in [-0.3, -0.25) is 0 Å². The molecule has 0 atom stereocenters. The predicted molar refractivity (Wildman–Crippen MR) is 95.3 cm³/mol. The summed E-state index contributed by atoms with van der Waals surface area (Å²) in [6, 6.07) is 8.30. The van der Waals surface area contributed by atoms with Crippen LogP contribution in [0, 0.1) is 0 Å². The van der Waals surface area contributed by atoms with Crippen molar-refractivity contribution in [3.05, 3.63) is 36.0 Å². The molecule has 1 aromatic heterocycles. The topological polar surface area (TPSA) is 66.0 Å². The molecule has 1 aromatic carbocycles. The van der Waals surface area contributed by atoms with Gasteiger partial charge in [0.1, 0.15) is 0 Å². The normalized spacial score (nSPS) is 11.0. The Morgan fingerprint density at radius 3 is 2.52 bits per heavy atom. The van der Waals surface area contributed by atoms with E-state index < -0.39 is 0 Å². The van der Waals surface area contributed by atoms with E-state index in [1.165, 1.54) is 5.56 Å². The predicted octanol–water partition coefficient (Wildman–Crippen LogP) is 3.10. The van der Waals surface area contributed by atoms with Gasteiger partial charge < -0.3 is 15.5 Å². The lowest BCUT2D eigenvalue weighted by molar-refractivity contribution is 0.405. The summed E-state index contributed by atoms with van der Waals surface area (Å²) in [5.41, 5.74) is 2.27. The Balaban J connectivity index is 1.91. The molecule has 0 saturated heterocycles. The molecule has 2 aromatic rings. The Morgan fingerprint density at radius 2 is 1.87 bits per heavy atom. The lowest BCUT2D eigenvalue weighted by Gasteiger charge is -2.11. The molecule has 23 heavy (non-hydrogen) atoms. The molecular formula is C17H26N6. The summed E-state index contributed by atoms with van der Waals surface area (Å²) in [7, 11) is 4.14. The molecule has 0 aliphatic carbocycles. The van der Waals surface area contributed by atoms with Crippen LogP contribution in [0.3, 0.4) is 0 Å². The molecule has 0 saturated carbocycles. The van der Waals surface area contributed by atoms with Gasteiger partial charge in [-0.1, -0.05) is 26.0 Å². The smallest absolute Gasteiger partial charge is 0.249 e. The van der Waals surface area contributed by atoms with Crippen LogP contribution < -0.4 is 10.6 Å². The van der Waals surface area contributed by atoms with Gasteiger partial charge in [0.2, 0.25) is 5.95 Å². The number of hydrogen-bond acceptors (Lipinski definition) is 6. The first kappa shape index (κ1) is 17.1. The molecule has 2 rings (SSSR count). The van der Waals surface area contributed by atoms with Gasteiger partial charge in [-0.15, -0.1) is 5.10 Å². The van der Waals surface area contributed by atoms with Gasteiger partial charge in [-0.05, 0) is 50.7 Å². The minimum atomic E-state index is 0.500. The lowest BCUT2D eigenvalue weighted by atomic mass is 10.0. The van der Waals surface area contributed by atoms with Crippen LogP contribution in [-0.4, -0.2) is 47.3 Å². The van der Waals surface area contributed by atoms with E-state index in [1.807, 2.05) is 12.1 Å². The zero-order valence-electron chi connectivity index (χ0n) is 14.4. The van der Waals surface area contributed by atoms with E-state index in [-0.39, 0.29) is 0 Å². The molecule has 124 valence electrons. The summed E-state index contributed by atoms with van der Waals surface area (Å²) in [6.45, 7) is 6.26. The number of nitrogens with one attached hydrogen (secondary N) is 2. The number of hydrogen-bond donors (Lipinski definition) is 2. The molecule has 0 unspecified atom stereocenters. The van der Waals surface area contributed by atoms with Crippen LogP contribution in [0.25, 0.3) is 0 Å². The zero-order valence-corrected chi connectivity index (χ0v) is 14.4. The van der Waals surface area contributed by atoms with Crippen molar-refractivity contribution in [2.45, 2.75) is 26.2 Å². The summed E-state index contributed by atoms with van der Waals surface area (Å²) in [5.74, 6) is 1.76. The van der Waals surface area contributed by atoms with E-state index in [0.717, 1.165) is 31.0 Å². The molecule has 0 amide bonds. The van der Waals surface area contributed by atoms with Gasteiger partial charge in [-0.2, -0.15) is 10.1 Å². The van der Waals surface area contributed by atoms with Crippen molar-refractivity contribution in [2.24, 2.45) is 0 Å². The second-order valence-electron chi connectivity index (χ2n) is 6.15. The minimum absolute atomic E-state index is 0.500. The number of anilines is 3. The van der Waals surface area contributed by atoms with E-state index in [4.69, 9.17) is 0 Å². The lowest BCUT2D eigenvalue weighted by Crippen LogP contribution is -2.17. The van der Waals surface area contributed by atoms with E-state index in [0.29, 0.717) is 11.9 Å². The van der Waals surface area contributed by atoms with Crippen LogP contribution >= 0.6 is 0 Å². The highest BCUT2D eigenvalue weighted by atomic mass is 15.3. The standard InChI is InChI=1S/C17H26N6/c1-13(2)14-6-8-15(9-7-14)20-17-21-16(12-19-22-17)18-10-5-11-23(3)4/h6-9,12-13H,5,10-11H2,1-4H3,(H2,18,20,21,22). The molecule has 2 N–H and O–H groups in total. The third kappa shape index (κ3) is 5.83. The minimum Gasteiger partial charge on any atom is -0.369 e. The van der Waals surface area contributed by atoms with Crippen LogP contribution in [0.2, 0.25) is 0 Å². The Hall–Kier alpha value is -2.21. The van der Waals surface area contributed by atoms with E-state index in [9.17, 15) is 0 Å². The zero-order chi connectivity index (χ0) is 16.7. The molecule has 0 bridgehead atoms. The molecule has 0 radical (unpaired) electrons.